The number of pyridine rings is 1. The summed E-state index contributed by atoms with van der Waals surface area (Å²) >= 11 is 5.80. The molecule has 0 saturated heterocycles. The largest absolute Gasteiger partial charge is 0.321 e. The minimum absolute atomic E-state index is 0.00919. The van der Waals surface area contributed by atoms with Gasteiger partial charge in [0.05, 0.1) is 6.54 Å². The Morgan fingerprint density at radius 1 is 1.19 bits per heavy atom. The number of anilines is 1. The van der Waals surface area contributed by atoms with Crippen LogP contribution in [0.25, 0.3) is 0 Å². The van der Waals surface area contributed by atoms with Crippen molar-refractivity contribution in [2.75, 3.05) is 5.32 Å². The van der Waals surface area contributed by atoms with Gasteiger partial charge in [-0.05, 0) is 81.5 Å². The highest BCUT2D eigenvalue weighted by atomic mass is 127. The van der Waals surface area contributed by atoms with Crippen LogP contribution in [-0.4, -0.2) is 10.5 Å². The van der Waals surface area contributed by atoms with Gasteiger partial charge in [0.2, 0.25) is 5.91 Å². The molecule has 27 heavy (non-hydrogen) atoms. The van der Waals surface area contributed by atoms with Gasteiger partial charge in [0.1, 0.15) is 5.69 Å². The zero-order valence-electron chi connectivity index (χ0n) is 15.4. The van der Waals surface area contributed by atoms with E-state index in [9.17, 15) is 9.59 Å². The van der Waals surface area contributed by atoms with Crippen LogP contribution in [0, 0.1) is 16.4 Å². The molecule has 144 valence electrons. The molecule has 2 aromatic rings. The summed E-state index contributed by atoms with van der Waals surface area (Å²) in [6.07, 6.45) is 8.20. The summed E-state index contributed by atoms with van der Waals surface area (Å²) in [6, 6.07) is 8.09. The first-order chi connectivity index (χ1) is 13.0. The maximum Gasteiger partial charge on any atom is 0.274 e. The van der Waals surface area contributed by atoms with E-state index in [1.54, 1.807) is 10.8 Å². The predicted molar refractivity (Wildman–Crippen MR) is 121 cm³/mol. The fraction of sp³-hybridized carbons (Fsp3) is 0.429. The van der Waals surface area contributed by atoms with Gasteiger partial charge < -0.3 is 9.88 Å². The highest BCUT2D eigenvalue weighted by Gasteiger charge is 2.22. The lowest BCUT2D eigenvalue weighted by Crippen LogP contribution is -2.30. The van der Waals surface area contributed by atoms with Crippen molar-refractivity contribution in [3.8, 4) is 0 Å². The third kappa shape index (κ3) is 5.22. The first-order valence-electron chi connectivity index (χ1n) is 9.40. The molecule has 0 unspecified atom stereocenters. The smallest absolute Gasteiger partial charge is 0.274 e. The van der Waals surface area contributed by atoms with Crippen LogP contribution in [-0.2, 0) is 11.3 Å². The normalized spacial score (nSPS) is 15.4. The lowest BCUT2D eigenvalue weighted by atomic mass is 9.99. The molecule has 4 nitrogen and oxygen atoms in total. The SMILES string of the molecule is Cc1c(Br)cn(Cc2ccc(I)cc2)c(=O)c1NC(=O)C1CCCCCC1. The van der Waals surface area contributed by atoms with Crippen molar-refractivity contribution >= 4 is 50.1 Å². The second-order valence-corrected chi connectivity index (χ2v) is 9.31. The molecule has 0 radical (unpaired) electrons. The average Bonchev–Trinajstić information content (AvgIpc) is 2.94. The minimum atomic E-state index is -0.156. The lowest BCUT2D eigenvalue weighted by molar-refractivity contribution is -0.120. The molecular weight excluding hydrogens is 519 g/mol. The molecule has 0 aliphatic heterocycles. The van der Waals surface area contributed by atoms with Crippen LogP contribution < -0.4 is 10.9 Å². The van der Waals surface area contributed by atoms with E-state index in [0.717, 1.165) is 44.9 Å². The molecule has 1 aromatic carbocycles. The standard InChI is InChI=1S/C21H24BrIN2O2/c1-14-18(22)13-25(12-15-8-10-17(23)11-9-15)21(27)19(14)24-20(26)16-6-4-2-3-5-7-16/h8-11,13,16H,2-7,12H2,1H3,(H,24,26). The number of rotatable bonds is 4. The molecule has 0 bridgehead atoms. The molecule has 0 atom stereocenters. The van der Waals surface area contributed by atoms with Gasteiger partial charge in [-0.2, -0.15) is 0 Å². The van der Waals surface area contributed by atoms with Crippen LogP contribution in [0.3, 0.4) is 0 Å². The second-order valence-electron chi connectivity index (χ2n) is 7.21. The number of nitrogens with one attached hydrogen (secondary N) is 1. The average molecular weight is 543 g/mol. The quantitative estimate of drug-likeness (QED) is 0.411. The third-order valence-corrected chi connectivity index (χ3v) is 6.74. The maximum atomic E-state index is 13.0. The Morgan fingerprint density at radius 3 is 2.44 bits per heavy atom. The molecule has 1 aliphatic carbocycles. The van der Waals surface area contributed by atoms with Crippen molar-refractivity contribution in [1.82, 2.24) is 4.57 Å². The van der Waals surface area contributed by atoms with E-state index in [1.807, 2.05) is 31.2 Å². The van der Waals surface area contributed by atoms with E-state index >= 15 is 0 Å². The highest BCUT2D eigenvalue weighted by molar-refractivity contribution is 14.1. The minimum Gasteiger partial charge on any atom is -0.321 e. The van der Waals surface area contributed by atoms with Crippen LogP contribution in [0.5, 0.6) is 0 Å². The van der Waals surface area contributed by atoms with Crippen LogP contribution >= 0.6 is 38.5 Å². The van der Waals surface area contributed by atoms with E-state index in [1.165, 1.54) is 12.8 Å². The molecule has 1 saturated carbocycles. The van der Waals surface area contributed by atoms with E-state index in [2.05, 4.69) is 43.8 Å². The topological polar surface area (TPSA) is 51.1 Å². The Hall–Kier alpha value is -1.15. The Morgan fingerprint density at radius 2 is 1.81 bits per heavy atom. The predicted octanol–water partition coefficient (Wildman–Crippen LogP) is 5.48. The summed E-state index contributed by atoms with van der Waals surface area (Å²) in [7, 11) is 0. The van der Waals surface area contributed by atoms with Crippen LogP contribution in [0.4, 0.5) is 5.69 Å². The number of carbonyl (C=O) groups is 1. The van der Waals surface area contributed by atoms with Crippen LogP contribution in [0.2, 0.25) is 0 Å². The number of halogens is 2. The van der Waals surface area contributed by atoms with Crippen molar-refractivity contribution in [1.29, 1.82) is 0 Å². The van der Waals surface area contributed by atoms with Gasteiger partial charge in [-0.15, -0.1) is 0 Å². The molecule has 3 rings (SSSR count). The van der Waals surface area contributed by atoms with Crippen molar-refractivity contribution < 1.29 is 4.79 Å². The highest BCUT2D eigenvalue weighted by Crippen LogP contribution is 2.26. The second kappa shape index (κ2) is 9.37. The number of carbonyl (C=O) groups excluding carboxylic acids is 1. The molecular formula is C21H24BrIN2O2. The molecule has 1 amide bonds. The van der Waals surface area contributed by atoms with E-state index in [-0.39, 0.29) is 17.4 Å². The Balaban J connectivity index is 1.86. The number of hydrogen-bond donors (Lipinski definition) is 1. The lowest BCUT2D eigenvalue weighted by Gasteiger charge is -2.17. The van der Waals surface area contributed by atoms with Gasteiger partial charge in [0.15, 0.2) is 0 Å². The summed E-state index contributed by atoms with van der Waals surface area (Å²) in [6.45, 7) is 2.34. The van der Waals surface area contributed by atoms with Crippen molar-refractivity contribution in [2.24, 2.45) is 5.92 Å². The first-order valence-corrected chi connectivity index (χ1v) is 11.3. The van der Waals surface area contributed by atoms with Crippen molar-refractivity contribution in [3.05, 3.63) is 60.0 Å². The van der Waals surface area contributed by atoms with Gasteiger partial charge in [0.25, 0.3) is 5.56 Å². The molecule has 1 fully saturated rings. The van der Waals surface area contributed by atoms with Gasteiger partial charge >= 0.3 is 0 Å². The molecule has 0 spiro atoms. The van der Waals surface area contributed by atoms with E-state index in [4.69, 9.17) is 0 Å². The van der Waals surface area contributed by atoms with Crippen molar-refractivity contribution in [2.45, 2.75) is 52.0 Å². The van der Waals surface area contributed by atoms with Gasteiger partial charge in [-0.1, -0.05) is 37.8 Å². The summed E-state index contributed by atoms with van der Waals surface area (Å²) in [4.78, 5) is 25.8. The Labute approximate surface area is 182 Å². The zero-order chi connectivity index (χ0) is 19.4. The summed E-state index contributed by atoms with van der Waals surface area (Å²) in [5.41, 5.74) is 2.07. The fourth-order valence-electron chi connectivity index (χ4n) is 3.53. The number of amides is 1. The molecule has 1 N–H and O–H groups in total. The zero-order valence-corrected chi connectivity index (χ0v) is 19.2. The van der Waals surface area contributed by atoms with Gasteiger partial charge in [0, 0.05) is 20.2 Å². The summed E-state index contributed by atoms with van der Waals surface area (Å²) < 4.78 is 3.64. The molecule has 1 aliphatic rings. The number of benzene rings is 1. The first kappa shape index (κ1) is 20.6. The summed E-state index contributed by atoms with van der Waals surface area (Å²) in [5.74, 6) is -0.00838. The molecule has 1 heterocycles. The van der Waals surface area contributed by atoms with Crippen LogP contribution in [0.15, 0.2) is 39.7 Å². The van der Waals surface area contributed by atoms with Gasteiger partial charge in [-0.3, -0.25) is 9.59 Å². The maximum absolute atomic E-state index is 13.0. The van der Waals surface area contributed by atoms with E-state index in [0.29, 0.717) is 12.2 Å². The van der Waals surface area contributed by atoms with Gasteiger partial charge in [-0.25, -0.2) is 0 Å². The Bertz CT molecular complexity index is 869. The molecule has 6 heteroatoms. The number of nitrogens with zero attached hydrogens (tertiary/aromatic N) is 1. The van der Waals surface area contributed by atoms with Crippen LogP contribution in [0.1, 0.15) is 49.7 Å². The van der Waals surface area contributed by atoms with Crippen molar-refractivity contribution in [3.63, 3.8) is 0 Å². The monoisotopic (exact) mass is 542 g/mol. The molecule has 1 aromatic heterocycles. The number of hydrogen-bond acceptors (Lipinski definition) is 2. The number of aromatic nitrogens is 1. The summed E-state index contributed by atoms with van der Waals surface area (Å²) in [5, 5.41) is 2.95. The Kier molecular flexibility index (Phi) is 7.14. The fourth-order valence-corrected chi connectivity index (χ4v) is 4.34. The third-order valence-electron chi connectivity index (χ3n) is 5.22. The van der Waals surface area contributed by atoms with E-state index < -0.39 is 0 Å².